The van der Waals surface area contributed by atoms with Crippen molar-refractivity contribution in [2.24, 2.45) is 0 Å². The topological polar surface area (TPSA) is 88.4 Å². The van der Waals surface area contributed by atoms with Gasteiger partial charge in [-0.2, -0.15) is 0 Å². The molecule has 1 aliphatic rings. The third kappa shape index (κ3) is 8.33. The zero-order valence-electron chi connectivity index (χ0n) is 15.9. The first-order chi connectivity index (χ1) is 12.2. The van der Waals surface area contributed by atoms with E-state index in [1.807, 2.05) is 0 Å². The Bertz CT molecular complexity index is 312. The molecule has 2 unspecified atom stereocenters. The van der Waals surface area contributed by atoms with E-state index in [2.05, 4.69) is 6.92 Å². The fraction of sp³-hybridized carbons (Fsp3) is 1.00. The fourth-order valence-corrected chi connectivity index (χ4v) is 3.26. The monoisotopic (exact) mass is 362 g/mol. The molecule has 0 saturated carbocycles. The minimum Gasteiger partial charge on any atom is -0.394 e. The molecule has 6 heteroatoms. The van der Waals surface area contributed by atoms with E-state index in [0.717, 1.165) is 12.8 Å². The molecule has 0 spiro atoms. The number of unbranched alkanes of at least 4 members (excludes halogenated alkanes) is 9. The highest BCUT2D eigenvalue weighted by molar-refractivity contribution is 4.90. The summed E-state index contributed by atoms with van der Waals surface area (Å²) in [5.74, 6) is 0. The van der Waals surface area contributed by atoms with Crippen LogP contribution in [0.4, 0.5) is 0 Å². The molecule has 0 aromatic carbocycles. The van der Waals surface area contributed by atoms with E-state index in [4.69, 9.17) is 14.2 Å². The van der Waals surface area contributed by atoms with Crippen LogP contribution in [0.2, 0.25) is 0 Å². The molecule has 1 saturated heterocycles. The van der Waals surface area contributed by atoms with Gasteiger partial charge >= 0.3 is 0 Å². The largest absolute Gasteiger partial charge is 0.394 e. The second-order valence-electron chi connectivity index (χ2n) is 6.96. The summed E-state index contributed by atoms with van der Waals surface area (Å²) in [6, 6.07) is 0. The smallest absolute Gasteiger partial charge is 0.186 e. The number of ether oxygens (including phenoxy) is 3. The molecule has 1 rings (SSSR count). The Labute approximate surface area is 152 Å². The second-order valence-corrected chi connectivity index (χ2v) is 6.96. The first-order valence-electron chi connectivity index (χ1n) is 9.92. The quantitative estimate of drug-likeness (QED) is 0.411. The number of aliphatic hydroxyl groups is 3. The van der Waals surface area contributed by atoms with Crippen molar-refractivity contribution >= 4 is 0 Å². The molecule has 1 aliphatic heterocycles. The molecule has 0 bridgehead atoms. The van der Waals surface area contributed by atoms with Gasteiger partial charge in [0, 0.05) is 13.7 Å². The van der Waals surface area contributed by atoms with Crippen LogP contribution >= 0.6 is 0 Å². The average Bonchev–Trinajstić information content (AvgIpc) is 2.63. The Morgan fingerprint density at radius 3 is 1.92 bits per heavy atom. The number of hydrogen-bond acceptors (Lipinski definition) is 6. The van der Waals surface area contributed by atoms with Gasteiger partial charge in [-0.15, -0.1) is 0 Å². The predicted molar refractivity (Wildman–Crippen MR) is 96.4 cm³/mol. The normalized spacial score (nSPS) is 29.9. The first kappa shape index (κ1) is 22.8. The van der Waals surface area contributed by atoms with Gasteiger partial charge in [-0.25, -0.2) is 0 Å². The molecule has 1 heterocycles. The van der Waals surface area contributed by atoms with E-state index in [1.54, 1.807) is 0 Å². The van der Waals surface area contributed by atoms with Gasteiger partial charge in [-0.1, -0.05) is 64.7 Å². The lowest BCUT2D eigenvalue weighted by Gasteiger charge is -2.41. The molecule has 0 aromatic heterocycles. The van der Waals surface area contributed by atoms with Crippen molar-refractivity contribution in [1.29, 1.82) is 0 Å². The van der Waals surface area contributed by atoms with Crippen molar-refractivity contribution in [1.82, 2.24) is 0 Å². The minimum absolute atomic E-state index is 0.285. The van der Waals surface area contributed by atoms with Gasteiger partial charge in [-0.3, -0.25) is 0 Å². The van der Waals surface area contributed by atoms with Crippen molar-refractivity contribution < 1.29 is 29.5 Å². The SMILES string of the molecule is CCCCCCCCCCCCO[C@H]1C(CO)O[C@H](OC)C(O)[C@H]1O. The van der Waals surface area contributed by atoms with Crippen molar-refractivity contribution in [3.63, 3.8) is 0 Å². The maximum Gasteiger partial charge on any atom is 0.186 e. The molecule has 0 aliphatic carbocycles. The van der Waals surface area contributed by atoms with Crippen LogP contribution < -0.4 is 0 Å². The van der Waals surface area contributed by atoms with Crippen LogP contribution in [0.1, 0.15) is 71.1 Å². The highest BCUT2D eigenvalue weighted by Crippen LogP contribution is 2.24. The molecule has 150 valence electrons. The van der Waals surface area contributed by atoms with Crippen molar-refractivity contribution in [3.05, 3.63) is 0 Å². The Kier molecular flexibility index (Phi) is 12.7. The van der Waals surface area contributed by atoms with Gasteiger partial charge < -0.3 is 29.5 Å². The van der Waals surface area contributed by atoms with E-state index >= 15 is 0 Å². The number of rotatable bonds is 14. The summed E-state index contributed by atoms with van der Waals surface area (Å²) in [5, 5.41) is 29.5. The number of aliphatic hydroxyl groups excluding tert-OH is 3. The second kappa shape index (κ2) is 13.9. The third-order valence-electron chi connectivity index (χ3n) is 4.86. The van der Waals surface area contributed by atoms with Gasteiger partial charge in [-0.05, 0) is 6.42 Å². The lowest BCUT2D eigenvalue weighted by atomic mass is 9.99. The molecule has 25 heavy (non-hydrogen) atoms. The lowest BCUT2D eigenvalue weighted by Crippen LogP contribution is -2.59. The van der Waals surface area contributed by atoms with Crippen LogP contribution in [-0.4, -0.2) is 66.3 Å². The van der Waals surface area contributed by atoms with Crippen LogP contribution in [0.5, 0.6) is 0 Å². The Morgan fingerprint density at radius 2 is 1.40 bits per heavy atom. The first-order valence-corrected chi connectivity index (χ1v) is 9.92. The van der Waals surface area contributed by atoms with Gasteiger partial charge in [0.1, 0.15) is 24.4 Å². The van der Waals surface area contributed by atoms with E-state index in [9.17, 15) is 15.3 Å². The fourth-order valence-electron chi connectivity index (χ4n) is 3.26. The van der Waals surface area contributed by atoms with E-state index in [-0.39, 0.29) is 6.61 Å². The molecule has 3 N–H and O–H groups in total. The van der Waals surface area contributed by atoms with Crippen LogP contribution in [0.15, 0.2) is 0 Å². The molecule has 6 nitrogen and oxygen atoms in total. The maximum atomic E-state index is 10.2. The molecule has 1 fully saturated rings. The van der Waals surface area contributed by atoms with Crippen molar-refractivity contribution in [2.75, 3.05) is 20.3 Å². The summed E-state index contributed by atoms with van der Waals surface area (Å²) in [6.45, 7) is 2.44. The lowest BCUT2D eigenvalue weighted by molar-refractivity contribution is -0.301. The van der Waals surface area contributed by atoms with Crippen molar-refractivity contribution in [2.45, 2.75) is 102 Å². The predicted octanol–water partition coefficient (Wildman–Crippen LogP) is 2.38. The summed E-state index contributed by atoms with van der Waals surface area (Å²) in [5.41, 5.74) is 0. The van der Waals surface area contributed by atoms with Crippen LogP contribution in [0.3, 0.4) is 0 Å². The maximum absolute atomic E-state index is 10.2. The Balaban J connectivity index is 2.10. The van der Waals surface area contributed by atoms with Gasteiger partial charge in [0.2, 0.25) is 0 Å². The Hall–Kier alpha value is -0.240. The molecular formula is C19H38O6. The van der Waals surface area contributed by atoms with Crippen molar-refractivity contribution in [3.8, 4) is 0 Å². The number of methoxy groups -OCH3 is 1. The van der Waals surface area contributed by atoms with E-state index in [1.165, 1.54) is 58.5 Å². The van der Waals surface area contributed by atoms with Gasteiger partial charge in [0.25, 0.3) is 0 Å². The summed E-state index contributed by atoms with van der Waals surface area (Å²) in [6.07, 6.45) is 7.77. The molecule has 0 radical (unpaired) electrons. The van der Waals surface area contributed by atoms with Gasteiger partial charge in [0.05, 0.1) is 6.61 Å². The van der Waals surface area contributed by atoms with Gasteiger partial charge in [0.15, 0.2) is 6.29 Å². The van der Waals surface area contributed by atoms with E-state index in [0.29, 0.717) is 6.61 Å². The molecule has 0 aromatic rings. The zero-order chi connectivity index (χ0) is 18.5. The van der Waals surface area contributed by atoms with Crippen LogP contribution in [0, 0.1) is 0 Å². The molecule has 5 atom stereocenters. The van der Waals surface area contributed by atoms with Crippen LogP contribution in [-0.2, 0) is 14.2 Å². The minimum atomic E-state index is -1.18. The summed E-state index contributed by atoms with van der Waals surface area (Å²) < 4.78 is 16.1. The highest BCUT2D eigenvalue weighted by atomic mass is 16.7. The zero-order valence-corrected chi connectivity index (χ0v) is 15.9. The highest BCUT2D eigenvalue weighted by Gasteiger charge is 2.45. The van der Waals surface area contributed by atoms with Crippen LogP contribution in [0.25, 0.3) is 0 Å². The van der Waals surface area contributed by atoms with E-state index < -0.39 is 30.7 Å². The summed E-state index contributed by atoms with van der Waals surface area (Å²) in [7, 11) is 1.39. The standard InChI is InChI=1S/C19H38O6/c1-3-4-5-6-7-8-9-10-11-12-13-24-18-15(14-20)25-19(23-2)17(22)16(18)21/h15-22H,3-14H2,1-2H3/t15?,16-,17?,18+,19+/m1/s1. The molecule has 0 amide bonds. The number of hydrogen-bond donors (Lipinski definition) is 3. The molecular weight excluding hydrogens is 324 g/mol. The summed E-state index contributed by atoms with van der Waals surface area (Å²) >= 11 is 0. The average molecular weight is 363 g/mol. The third-order valence-corrected chi connectivity index (χ3v) is 4.86. The Morgan fingerprint density at radius 1 is 0.840 bits per heavy atom. The summed E-state index contributed by atoms with van der Waals surface area (Å²) in [4.78, 5) is 0.